The molecule has 0 atom stereocenters. The molecule has 1 aliphatic heterocycles. The monoisotopic (exact) mass is 346 g/mol. The average Bonchev–Trinajstić information content (AvgIpc) is 2.94. The van der Waals surface area contributed by atoms with Gasteiger partial charge in [-0.25, -0.2) is 4.98 Å². The van der Waals surface area contributed by atoms with Crippen LogP contribution in [0.15, 0.2) is 42.5 Å². The molecule has 5 heteroatoms. The van der Waals surface area contributed by atoms with E-state index in [0.717, 1.165) is 35.4 Å². The SMILES string of the molecule is Cc1nc2c(cc1C(=O)N1CC=C(c3ccccc3)CC1)c(C)nn2C. The van der Waals surface area contributed by atoms with Crippen molar-refractivity contribution in [3.8, 4) is 0 Å². The average molecular weight is 346 g/mol. The molecule has 0 fully saturated rings. The van der Waals surface area contributed by atoms with E-state index in [-0.39, 0.29) is 5.91 Å². The third-order valence-electron chi connectivity index (χ3n) is 5.06. The Kier molecular flexibility index (Phi) is 4.07. The number of fused-ring (bicyclic) bond motifs is 1. The van der Waals surface area contributed by atoms with Gasteiger partial charge in [0, 0.05) is 25.5 Å². The number of aromatic nitrogens is 3. The van der Waals surface area contributed by atoms with Gasteiger partial charge in [-0.15, -0.1) is 0 Å². The molecule has 3 aromatic rings. The van der Waals surface area contributed by atoms with Gasteiger partial charge in [0.05, 0.1) is 17.0 Å². The van der Waals surface area contributed by atoms with Gasteiger partial charge in [-0.05, 0) is 37.5 Å². The van der Waals surface area contributed by atoms with E-state index in [0.29, 0.717) is 12.1 Å². The van der Waals surface area contributed by atoms with Crippen LogP contribution >= 0.6 is 0 Å². The summed E-state index contributed by atoms with van der Waals surface area (Å²) in [5.74, 6) is 0.0449. The van der Waals surface area contributed by atoms with Gasteiger partial charge < -0.3 is 4.90 Å². The van der Waals surface area contributed by atoms with E-state index in [1.54, 1.807) is 4.68 Å². The summed E-state index contributed by atoms with van der Waals surface area (Å²) in [5, 5.41) is 5.35. The van der Waals surface area contributed by atoms with E-state index < -0.39 is 0 Å². The van der Waals surface area contributed by atoms with Crippen molar-refractivity contribution in [3.05, 3.63) is 65.0 Å². The molecule has 0 spiro atoms. The van der Waals surface area contributed by atoms with Gasteiger partial charge in [0.25, 0.3) is 5.91 Å². The van der Waals surface area contributed by atoms with Gasteiger partial charge in [0.1, 0.15) is 0 Å². The number of rotatable bonds is 2. The largest absolute Gasteiger partial charge is 0.335 e. The quantitative estimate of drug-likeness (QED) is 0.713. The summed E-state index contributed by atoms with van der Waals surface area (Å²) in [5.41, 5.74) is 5.69. The second-order valence-electron chi connectivity index (χ2n) is 6.80. The molecule has 132 valence electrons. The smallest absolute Gasteiger partial charge is 0.256 e. The summed E-state index contributed by atoms with van der Waals surface area (Å²) < 4.78 is 1.77. The number of aryl methyl sites for hydroxylation is 3. The van der Waals surface area contributed by atoms with Gasteiger partial charge in [0.15, 0.2) is 5.65 Å². The zero-order valence-electron chi connectivity index (χ0n) is 15.4. The zero-order chi connectivity index (χ0) is 18.3. The number of pyridine rings is 1. The summed E-state index contributed by atoms with van der Waals surface area (Å²) in [7, 11) is 1.88. The molecule has 5 nitrogen and oxygen atoms in total. The van der Waals surface area contributed by atoms with Gasteiger partial charge in [0.2, 0.25) is 0 Å². The Hall–Kier alpha value is -2.95. The lowest BCUT2D eigenvalue weighted by Crippen LogP contribution is -2.35. The van der Waals surface area contributed by atoms with E-state index in [2.05, 4.69) is 28.3 Å². The Bertz CT molecular complexity index is 1020. The molecule has 0 unspecified atom stereocenters. The maximum atomic E-state index is 13.1. The van der Waals surface area contributed by atoms with Gasteiger partial charge in [-0.3, -0.25) is 9.48 Å². The molecule has 2 aromatic heterocycles. The minimum Gasteiger partial charge on any atom is -0.335 e. The van der Waals surface area contributed by atoms with Crippen LogP contribution in [0.25, 0.3) is 16.6 Å². The van der Waals surface area contributed by atoms with Crippen molar-refractivity contribution in [2.45, 2.75) is 20.3 Å². The van der Waals surface area contributed by atoms with E-state index in [1.807, 2.05) is 50.1 Å². The highest BCUT2D eigenvalue weighted by molar-refractivity contribution is 5.99. The highest BCUT2D eigenvalue weighted by atomic mass is 16.2. The van der Waals surface area contributed by atoms with Crippen LogP contribution in [0.3, 0.4) is 0 Å². The Morgan fingerprint density at radius 1 is 1.12 bits per heavy atom. The fourth-order valence-corrected chi connectivity index (χ4v) is 3.59. The molecule has 1 aliphatic rings. The molecule has 0 N–H and O–H groups in total. The summed E-state index contributed by atoms with van der Waals surface area (Å²) in [6.45, 7) is 5.20. The Labute approximate surface area is 153 Å². The maximum absolute atomic E-state index is 13.1. The predicted octanol–water partition coefficient (Wildman–Crippen LogP) is 3.51. The first kappa shape index (κ1) is 16.5. The Morgan fingerprint density at radius 3 is 2.58 bits per heavy atom. The van der Waals surface area contributed by atoms with Crippen LogP contribution in [-0.4, -0.2) is 38.7 Å². The molecule has 0 saturated carbocycles. The van der Waals surface area contributed by atoms with Gasteiger partial charge in [-0.1, -0.05) is 36.4 Å². The van der Waals surface area contributed by atoms with Crippen LogP contribution in [0.1, 0.15) is 33.7 Å². The lowest BCUT2D eigenvalue weighted by Gasteiger charge is -2.27. The lowest BCUT2D eigenvalue weighted by molar-refractivity contribution is 0.0772. The van der Waals surface area contributed by atoms with Crippen molar-refractivity contribution in [1.82, 2.24) is 19.7 Å². The molecular weight excluding hydrogens is 324 g/mol. The second kappa shape index (κ2) is 6.41. The van der Waals surface area contributed by atoms with Gasteiger partial charge in [-0.2, -0.15) is 5.10 Å². The van der Waals surface area contributed by atoms with Crippen molar-refractivity contribution in [2.24, 2.45) is 7.05 Å². The Morgan fingerprint density at radius 2 is 1.88 bits per heavy atom. The van der Waals surface area contributed by atoms with Crippen LogP contribution in [0.5, 0.6) is 0 Å². The molecule has 26 heavy (non-hydrogen) atoms. The van der Waals surface area contributed by atoms with Crippen molar-refractivity contribution >= 4 is 22.5 Å². The highest BCUT2D eigenvalue weighted by Crippen LogP contribution is 2.25. The van der Waals surface area contributed by atoms with Crippen molar-refractivity contribution < 1.29 is 4.79 Å². The summed E-state index contributed by atoms with van der Waals surface area (Å²) in [6, 6.07) is 12.3. The van der Waals surface area contributed by atoms with Crippen LogP contribution in [0.4, 0.5) is 0 Å². The van der Waals surface area contributed by atoms with E-state index in [4.69, 9.17) is 0 Å². The van der Waals surface area contributed by atoms with E-state index in [1.165, 1.54) is 11.1 Å². The third kappa shape index (κ3) is 2.79. The molecule has 4 rings (SSSR count). The fraction of sp³-hybridized carbons (Fsp3) is 0.286. The van der Waals surface area contributed by atoms with Crippen molar-refractivity contribution in [3.63, 3.8) is 0 Å². The minimum absolute atomic E-state index is 0.0449. The first-order valence-corrected chi connectivity index (χ1v) is 8.89. The first-order chi connectivity index (χ1) is 12.5. The third-order valence-corrected chi connectivity index (χ3v) is 5.06. The van der Waals surface area contributed by atoms with Gasteiger partial charge >= 0.3 is 0 Å². The molecule has 0 aliphatic carbocycles. The predicted molar refractivity (Wildman–Crippen MR) is 103 cm³/mol. The number of carbonyl (C=O) groups is 1. The molecular formula is C21H22N4O. The molecule has 3 heterocycles. The van der Waals surface area contributed by atoms with Crippen molar-refractivity contribution in [1.29, 1.82) is 0 Å². The maximum Gasteiger partial charge on any atom is 0.256 e. The minimum atomic E-state index is 0.0449. The number of hydrogen-bond acceptors (Lipinski definition) is 3. The van der Waals surface area contributed by atoms with Crippen LogP contribution in [0.2, 0.25) is 0 Å². The molecule has 0 saturated heterocycles. The summed E-state index contributed by atoms with van der Waals surface area (Å²) >= 11 is 0. The lowest BCUT2D eigenvalue weighted by atomic mass is 9.99. The normalized spacial score (nSPS) is 14.6. The summed E-state index contributed by atoms with van der Waals surface area (Å²) in [6.07, 6.45) is 3.03. The van der Waals surface area contributed by atoms with Crippen LogP contribution < -0.4 is 0 Å². The van der Waals surface area contributed by atoms with Crippen LogP contribution in [-0.2, 0) is 7.05 Å². The van der Waals surface area contributed by atoms with Crippen LogP contribution in [0, 0.1) is 13.8 Å². The highest BCUT2D eigenvalue weighted by Gasteiger charge is 2.22. The molecule has 1 amide bonds. The van der Waals surface area contributed by atoms with Crippen molar-refractivity contribution in [2.75, 3.05) is 13.1 Å². The number of carbonyl (C=O) groups excluding carboxylic acids is 1. The van der Waals surface area contributed by atoms with E-state index >= 15 is 0 Å². The second-order valence-corrected chi connectivity index (χ2v) is 6.80. The first-order valence-electron chi connectivity index (χ1n) is 8.89. The topological polar surface area (TPSA) is 51.0 Å². The molecule has 1 aromatic carbocycles. The summed E-state index contributed by atoms with van der Waals surface area (Å²) in [4.78, 5) is 19.6. The number of nitrogens with zero attached hydrogens (tertiary/aromatic N) is 4. The van der Waals surface area contributed by atoms with E-state index in [9.17, 15) is 4.79 Å². The Balaban J connectivity index is 1.61. The fourth-order valence-electron chi connectivity index (χ4n) is 3.59. The molecule has 0 radical (unpaired) electrons. The zero-order valence-corrected chi connectivity index (χ0v) is 15.4. The number of amides is 1. The number of hydrogen-bond donors (Lipinski definition) is 0. The number of benzene rings is 1. The standard InChI is InChI=1S/C21H22N4O/c1-14-19(13-18-15(2)23-24(3)20(18)22-14)21(26)25-11-9-17(10-12-25)16-7-5-4-6-8-16/h4-9,13H,10-12H2,1-3H3. The molecule has 0 bridgehead atoms.